The number of aromatic nitrogens is 5. The summed E-state index contributed by atoms with van der Waals surface area (Å²) in [6.07, 6.45) is 10.7. The molecule has 0 fully saturated rings. The van der Waals surface area contributed by atoms with E-state index in [0.717, 1.165) is 29.1 Å². The highest BCUT2D eigenvalue weighted by Crippen LogP contribution is 2.23. The number of hydrogen-bond acceptors (Lipinski definition) is 4. The summed E-state index contributed by atoms with van der Waals surface area (Å²) < 4.78 is 1.93. The minimum Gasteiger partial charge on any atom is -0.268 e. The summed E-state index contributed by atoms with van der Waals surface area (Å²) in [6, 6.07) is 14.2. The van der Waals surface area contributed by atoms with Gasteiger partial charge in [-0.25, -0.2) is 0 Å². The molecule has 0 spiro atoms. The van der Waals surface area contributed by atoms with E-state index in [1.807, 2.05) is 41.2 Å². The molecule has 3 aromatic heterocycles. The Bertz CT molecular complexity index is 932. The molecule has 0 radical (unpaired) electrons. The summed E-state index contributed by atoms with van der Waals surface area (Å²) in [5.41, 5.74) is 5.06. The molecule has 24 heavy (non-hydrogen) atoms. The molecule has 116 valence electrons. The summed E-state index contributed by atoms with van der Waals surface area (Å²) in [6.45, 7) is 0.729. The lowest BCUT2D eigenvalue weighted by molar-refractivity contribution is 0.688. The maximum atomic E-state index is 4.67. The van der Waals surface area contributed by atoms with Crippen molar-refractivity contribution in [1.82, 2.24) is 24.7 Å². The van der Waals surface area contributed by atoms with Gasteiger partial charge in [0.05, 0.1) is 24.1 Å². The van der Waals surface area contributed by atoms with Gasteiger partial charge in [-0.3, -0.25) is 19.6 Å². The van der Waals surface area contributed by atoms with Crippen LogP contribution in [0.15, 0.2) is 79.6 Å². The van der Waals surface area contributed by atoms with Crippen LogP contribution in [0.3, 0.4) is 0 Å². The Morgan fingerprint density at radius 3 is 2.42 bits per heavy atom. The molecule has 0 bridgehead atoms. The standard InChI is InChI=1S/C19H15N5/c1-2-16(12-17(3-1)19-13-21-9-10-22-19)18-6-11-24(23-18)14-15-4-7-20-8-5-15/h1-13H,14H2. The van der Waals surface area contributed by atoms with Crippen LogP contribution >= 0.6 is 0 Å². The molecule has 0 aliphatic heterocycles. The van der Waals surface area contributed by atoms with E-state index in [1.54, 1.807) is 31.0 Å². The summed E-state index contributed by atoms with van der Waals surface area (Å²) in [5, 5.41) is 4.67. The van der Waals surface area contributed by atoms with Crippen molar-refractivity contribution in [1.29, 1.82) is 0 Å². The fourth-order valence-corrected chi connectivity index (χ4v) is 2.56. The molecule has 5 nitrogen and oxygen atoms in total. The fraction of sp³-hybridized carbons (Fsp3) is 0.0526. The lowest BCUT2D eigenvalue weighted by Crippen LogP contribution is -2.00. The van der Waals surface area contributed by atoms with Gasteiger partial charge in [0.1, 0.15) is 0 Å². The maximum Gasteiger partial charge on any atom is 0.0923 e. The second-order valence-electron chi connectivity index (χ2n) is 5.43. The average molecular weight is 313 g/mol. The minimum atomic E-state index is 0.729. The van der Waals surface area contributed by atoms with Gasteiger partial charge >= 0.3 is 0 Å². The number of benzene rings is 1. The van der Waals surface area contributed by atoms with Crippen molar-refractivity contribution in [3.05, 3.63) is 85.2 Å². The highest BCUT2D eigenvalue weighted by Gasteiger charge is 2.06. The van der Waals surface area contributed by atoms with E-state index in [-0.39, 0.29) is 0 Å². The predicted octanol–water partition coefficient (Wildman–Crippen LogP) is 3.45. The Morgan fingerprint density at radius 2 is 1.62 bits per heavy atom. The molecule has 0 atom stereocenters. The van der Waals surface area contributed by atoms with E-state index in [2.05, 4.69) is 32.2 Å². The first-order valence-corrected chi connectivity index (χ1v) is 7.68. The highest BCUT2D eigenvalue weighted by molar-refractivity contribution is 5.68. The van der Waals surface area contributed by atoms with E-state index >= 15 is 0 Å². The second kappa shape index (κ2) is 6.42. The molecule has 4 rings (SSSR count). The lowest BCUT2D eigenvalue weighted by atomic mass is 10.1. The molecule has 3 heterocycles. The smallest absolute Gasteiger partial charge is 0.0923 e. The van der Waals surface area contributed by atoms with Gasteiger partial charge in [-0.05, 0) is 29.8 Å². The zero-order valence-electron chi connectivity index (χ0n) is 12.9. The molecule has 5 heteroatoms. The van der Waals surface area contributed by atoms with Gasteiger partial charge in [-0.1, -0.05) is 18.2 Å². The van der Waals surface area contributed by atoms with Crippen LogP contribution in [0.25, 0.3) is 22.5 Å². The van der Waals surface area contributed by atoms with Crippen LogP contribution in [-0.4, -0.2) is 24.7 Å². The summed E-state index contributed by atoms with van der Waals surface area (Å²) >= 11 is 0. The van der Waals surface area contributed by atoms with Crippen LogP contribution in [0.1, 0.15) is 5.56 Å². The monoisotopic (exact) mass is 313 g/mol. The molecule has 4 aromatic rings. The quantitative estimate of drug-likeness (QED) is 0.579. The first-order valence-electron chi connectivity index (χ1n) is 7.68. The molecular formula is C19H15N5. The largest absolute Gasteiger partial charge is 0.268 e. The van der Waals surface area contributed by atoms with E-state index in [4.69, 9.17) is 0 Å². The van der Waals surface area contributed by atoms with Gasteiger partial charge in [-0.15, -0.1) is 0 Å². The van der Waals surface area contributed by atoms with Crippen molar-refractivity contribution in [3.8, 4) is 22.5 Å². The second-order valence-corrected chi connectivity index (χ2v) is 5.43. The first-order chi connectivity index (χ1) is 11.9. The van der Waals surface area contributed by atoms with Gasteiger partial charge in [-0.2, -0.15) is 5.10 Å². The Kier molecular flexibility index (Phi) is 3.81. The van der Waals surface area contributed by atoms with E-state index in [9.17, 15) is 0 Å². The molecule has 0 saturated carbocycles. The van der Waals surface area contributed by atoms with Crippen LogP contribution in [0.5, 0.6) is 0 Å². The van der Waals surface area contributed by atoms with E-state index in [1.165, 1.54) is 5.56 Å². The molecule has 0 unspecified atom stereocenters. The van der Waals surface area contributed by atoms with Gasteiger partial charge in [0, 0.05) is 42.1 Å². The van der Waals surface area contributed by atoms with Crippen LogP contribution < -0.4 is 0 Å². The Balaban J connectivity index is 1.61. The van der Waals surface area contributed by atoms with E-state index in [0.29, 0.717) is 0 Å². The number of hydrogen-bond donors (Lipinski definition) is 0. The normalized spacial score (nSPS) is 10.7. The van der Waals surface area contributed by atoms with Crippen molar-refractivity contribution in [2.45, 2.75) is 6.54 Å². The van der Waals surface area contributed by atoms with Crippen molar-refractivity contribution in [2.24, 2.45) is 0 Å². The SMILES string of the molecule is c1cc(-c2cnccn2)cc(-c2ccn(Cc3ccncc3)n2)c1. The van der Waals surface area contributed by atoms with Crippen LogP contribution in [0, 0.1) is 0 Å². The maximum absolute atomic E-state index is 4.67. The van der Waals surface area contributed by atoms with Crippen molar-refractivity contribution >= 4 is 0 Å². The van der Waals surface area contributed by atoms with Crippen LogP contribution in [0.2, 0.25) is 0 Å². The van der Waals surface area contributed by atoms with Crippen molar-refractivity contribution in [3.63, 3.8) is 0 Å². The minimum absolute atomic E-state index is 0.729. The third-order valence-corrected chi connectivity index (χ3v) is 3.75. The Labute approximate surface area is 139 Å². The van der Waals surface area contributed by atoms with Gasteiger partial charge < -0.3 is 0 Å². The van der Waals surface area contributed by atoms with Crippen LogP contribution in [0.4, 0.5) is 0 Å². The van der Waals surface area contributed by atoms with Crippen molar-refractivity contribution < 1.29 is 0 Å². The zero-order chi connectivity index (χ0) is 16.2. The molecule has 0 saturated heterocycles. The first kappa shape index (κ1) is 14.3. The van der Waals surface area contributed by atoms with Crippen LogP contribution in [-0.2, 0) is 6.54 Å². The third-order valence-electron chi connectivity index (χ3n) is 3.75. The zero-order valence-corrected chi connectivity index (χ0v) is 12.9. The van der Waals surface area contributed by atoms with Gasteiger partial charge in [0.15, 0.2) is 0 Å². The lowest BCUT2D eigenvalue weighted by Gasteiger charge is -2.03. The molecule has 1 aromatic carbocycles. The molecular weight excluding hydrogens is 298 g/mol. The van der Waals surface area contributed by atoms with Gasteiger partial charge in [0.25, 0.3) is 0 Å². The Morgan fingerprint density at radius 1 is 0.792 bits per heavy atom. The Hall–Kier alpha value is -3.34. The summed E-state index contributed by atoms with van der Waals surface area (Å²) in [5.74, 6) is 0. The number of nitrogens with zero attached hydrogens (tertiary/aromatic N) is 5. The third kappa shape index (κ3) is 3.05. The number of rotatable bonds is 4. The fourth-order valence-electron chi connectivity index (χ4n) is 2.56. The molecule has 0 amide bonds. The predicted molar refractivity (Wildman–Crippen MR) is 92.0 cm³/mol. The van der Waals surface area contributed by atoms with E-state index < -0.39 is 0 Å². The summed E-state index contributed by atoms with van der Waals surface area (Å²) in [7, 11) is 0. The molecule has 0 aliphatic carbocycles. The molecule has 0 aliphatic rings. The summed E-state index contributed by atoms with van der Waals surface area (Å²) in [4.78, 5) is 12.5. The number of pyridine rings is 1. The topological polar surface area (TPSA) is 56.5 Å². The molecule has 0 N–H and O–H groups in total. The van der Waals surface area contributed by atoms with Crippen molar-refractivity contribution in [2.75, 3.05) is 0 Å². The highest BCUT2D eigenvalue weighted by atomic mass is 15.3. The van der Waals surface area contributed by atoms with Gasteiger partial charge in [0.2, 0.25) is 0 Å². The average Bonchev–Trinajstić information content (AvgIpc) is 3.12.